The van der Waals surface area contributed by atoms with Gasteiger partial charge in [0.25, 0.3) is 5.91 Å². The van der Waals surface area contributed by atoms with Gasteiger partial charge in [0.2, 0.25) is 0 Å². The summed E-state index contributed by atoms with van der Waals surface area (Å²) >= 11 is 7.32. The summed E-state index contributed by atoms with van der Waals surface area (Å²) in [6, 6.07) is 15.1. The number of anilines is 1. The molecule has 0 unspecified atom stereocenters. The fraction of sp³-hybridized carbons (Fsp3) is 0.0588. The molecule has 110 valence electrons. The van der Waals surface area contributed by atoms with Crippen LogP contribution >= 0.6 is 22.9 Å². The van der Waals surface area contributed by atoms with E-state index in [2.05, 4.69) is 10.3 Å². The highest BCUT2D eigenvalue weighted by atomic mass is 35.5. The number of carbonyl (C=O) groups excluding carboxylic acids is 1. The molecule has 3 aromatic rings. The lowest BCUT2D eigenvalue weighted by molar-refractivity contribution is 0.102. The van der Waals surface area contributed by atoms with Gasteiger partial charge in [0.15, 0.2) is 0 Å². The first kappa shape index (κ1) is 14.8. The van der Waals surface area contributed by atoms with E-state index in [4.69, 9.17) is 11.6 Å². The third-order valence-corrected chi connectivity index (χ3v) is 4.36. The predicted molar refractivity (Wildman–Crippen MR) is 91.7 cm³/mol. The topological polar surface area (TPSA) is 42.0 Å². The molecule has 0 atom stereocenters. The zero-order valence-electron chi connectivity index (χ0n) is 11.8. The molecule has 0 aliphatic heterocycles. The third-order valence-electron chi connectivity index (χ3n) is 3.22. The molecular formula is C17H13ClN2OS. The lowest BCUT2D eigenvalue weighted by atomic mass is 10.2. The van der Waals surface area contributed by atoms with Crippen molar-refractivity contribution in [3.8, 4) is 10.6 Å². The van der Waals surface area contributed by atoms with Gasteiger partial charge in [0.05, 0.1) is 0 Å². The maximum absolute atomic E-state index is 12.3. The number of amides is 1. The van der Waals surface area contributed by atoms with Crippen LogP contribution in [0, 0.1) is 6.92 Å². The summed E-state index contributed by atoms with van der Waals surface area (Å²) < 4.78 is 0. The summed E-state index contributed by atoms with van der Waals surface area (Å²) in [7, 11) is 0. The number of rotatable bonds is 3. The van der Waals surface area contributed by atoms with Gasteiger partial charge >= 0.3 is 0 Å². The van der Waals surface area contributed by atoms with E-state index < -0.39 is 0 Å². The fourth-order valence-electron chi connectivity index (χ4n) is 2.00. The highest BCUT2D eigenvalue weighted by molar-refractivity contribution is 7.13. The van der Waals surface area contributed by atoms with Gasteiger partial charge in [-0.15, -0.1) is 11.3 Å². The van der Waals surface area contributed by atoms with Crippen LogP contribution in [0.5, 0.6) is 0 Å². The van der Waals surface area contributed by atoms with Crippen LogP contribution in [-0.4, -0.2) is 10.9 Å². The van der Waals surface area contributed by atoms with Crippen molar-refractivity contribution in [3.63, 3.8) is 0 Å². The number of benzene rings is 2. The summed E-state index contributed by atoms with van der Waals surface area (Å²) in [6.07, 6.45) is 0. The van der Waals surface area contributed by atoms with E-state index in [1.54, 1.807) is 5.38 Å². The number of nitrogens with zero attached hydrogens (tertiary/aromatic N) is 1. The lowest BCUT2D eigenvalue weighted by Gasteiger charge is -2.06. The van der Waals surface area contributed by atoms with Crippen molar-refractivity contribution in [2.45, 2.75) is 6.92 Å². The minimum Gasteiger partial charge on any atom is -0.320 e. The van der Waals surface area contributed by atoms with Crippen molar-refractivity contribution in [2.24, 2.45) is 0 Å². The summed E-state index contributed by atoms with van der Waals surface area (Å²) in [5.41, 5.74) is 3.18. The second-order valence-corrected chi connectivity index (χ2v) is 6.11. The van der Waals surface area contributed by atoms with E-state index >= 15 is 0 Å². The van der Waals surface area contributed by atoms with E-state index in [-0.39, 0.29) is 5.91 Å². The maximum atomic E-state index is 12.3. The molecule has 0 spiro atoms. The molecule has 3 nitrogen and oxygen atoms in total. The molecule has 2 aromatic carbocycles. The van der Waals surface area contributed by atoms with Gasteiger partial charge in [-0.05, 0) is 30.7 Å². The Labute approximate surface area is 137 Å². The van der Waals surface area contributed by atoms with Crippen molar-refractivity contribution >= 4 is 34.5 Å². The summed E-state index contributed by atoms with van der Waals surface area (Å²) in [5.74, 6) is -0.203. The number of hydrogen-bond acceptors (Lipinski definition) is 3. The maximum Gasteiger partial charge on any atom is 0.275 e. The number of para-hydroxylation sites is 1. The van der Waals surface area contributed by atoms with Crippen LogP contribution in [0.4, 0.5) is 5.69 Å². The molecule has 22 heavy (non-hydrogen) atoms. The minimum absolute atomic E-state index is 0.203. The van der Waals surface area contributed by atoms with Gasteiger partial charge in [0, 0.05) is 21.7 Å². The van der Waals surface area contributed by atoms with Crippen molar-refractivity contribution in [3.05, 3.63) is 70.2 Å². The molecule has 0 saturated heterocycles. The number of hydrogen-bond donors (Lipinski definition) is 1. The minimum atomic E-state index is -0.203. The monoisotopic (exact) mass is 328 g/mol. The smallest absolute Gasteiger partial charge is 0.275 e. The Hall–Kier alpha value is -2.17. The van der Waals surface area contributed by atoms with Crippen LogP contribution in [0.2, 0.25) is 5.02 Å². The first-order valence-electron chi connectivity index (χ1n) is 6.72. The van der Waals surface area contributed by atoms with Gasteiger partial charge < -0.3 is 5.32 Å². The average molecular weight is 329 g/mol. The van der Waals surface area contributed by atoms with E-state index in [9.17, 15) is 4.79 Å². The summed E-state index contributed by atoms with van der Waals surface area (Å²) in [5, 5.41) is 6.12. The number of thiazole rings is 1. The van der Waals surface area contributed by atoms with Crippen molar-refractivity contribution < 1.29 is 4.79 Å². The number of nitrogens with one attached hydrogen (secondary N) is 1. The highest BCUT2D eigenvalue weighted by Crippen LogP contribution is 2.25. The second-order valence-electron chi connectivity index (χ2n) is 4.81. The molecule has 1 N–H and O–H groups in total. The quantitative estimate of drug-likeness (QED) is 0.733. The first-order chi connectivity index (χ1) is 10.6. The molecule has 1 heterocycles. The molecule has 1 aromatic heterocycles. The van der Waals surface area contributed by atoms with E-state index in [0.717, 1.165) is 21.8 Å². The number of halogens is 1. The van der Waals surface area contributed by atoms with Crippen LogP contribution < -0.4 is 5.32 Å². The van der Waals surface area contributed by atoms with Gasteiger partial charge in [-0.2, -0.15) is 0 Å². The summed E-state index contributed by atoms with van der Waals surface area (Å²) in [4.78, 5) is 16.7. The number of aryl methyl sites for hydroxylation is 1. The molecule has 0 saturated carbocycles. The molecule has 0 aliphatic rings. The van der Waals surface area contributed by atoms with Crippen LogP contribution in [0.3, 0.4) is 0 Å². The van der Waals surface area contributed by atoms with Crippen molar-refractivity contribution in [2.75, 3.05) is 5.32 Å². The van der Waals surface area contributed by atoms with Crippen LogP contribution in [-0.2, 0) is 0 Å². The molecule has 1 amide bonds. The van der Waals surface area contributed by atoms with Crippen molar-refractivity contribution in [1.82, 2.24) is 4.98 Å². The van der Waals surface area contributed by atoms with Crippen molar-refractivity contribution in [1.29, 1.82) is 0 Å². The Morgan fingerprint density at radius 1 is 1.14 bits per heavy atom. The van der Waals surface area contributed by atoms with Gasteiger partial charge in [-0.25, -0.2) is 4.98 Å². The average Bonchev–Trinajstić information content (AvgIpc) is 3.00. The standard InChI is InChI=1S/C17H13ClN2OS/c1-11-4-2-3-5-14(11)19-16(21)15-10-22-17(20-15)12-6-8-13(18)9-7-12/h2-10H,1H3,(H,19,21). The second kappa shape index (κ2) is 6.30. The van der Waals surface area contributed by atoms with E-state index in [0.29, 0.717) is 10.7 Å². The number of aromatic nitrogens is 1. The normalized spacial score (nSPS) is 10.5. The Kier molecular flexibility index (Phi) is 4.22. The van der Waals surface area contributed by atoms with E-state index in [1.807, 2.05) is 55.5 Å². The molecule has 3 rings (SSSR count). The van der Waals surface area contributed by atoms with Crippen LogP contribution in [0.1, 0.15) is 16.1 Å². The van der Waals surface area contributed by atoms with Gasteiger partial charge in [-0.1, -0.05) is 41.9 Å². The molecular weight excluding hydrogens is 316 g/mol. The Morgan fingerprint density at radius 3 is 2.59 bits per heavy atom. The lowest BCUT2D eigenvalue weighted by Crippen LogP contribution is -2.13. The predicted octanol–water partition coefficient (Wildman–Crippen LogP) is 5.02. The van der Waals surface area contributed by atoms with E-state index in [1.165, 1.54) is 11.3 Å². The molecule has 0 fully saturated rings. The first-order valence-corrected chi connectivity index (χ1v) is 7.98. The van der Waals surface area contributed by atoms with Gasteiger partial charge in [0.1, 0.15) is 10.7 Å². The molecule has 5 heteroatoms. The zero-order chi connectivity index (χ0) is 15.5. The van der Waals surface area contributed by atoms with Crippen LogP contribution in [0.15, 0.2) is 53.9 Å². The Balaban J connectivity index is 1.80. The molecule has 0 radical (unpaired) electrons. The molecule has 0 aliphatic carbocycles. The number of carbonyl (C=O) groups is 1. The SMILES string of the molecule is Cc1ccccc1NC(=O)c1csc(-c2ccc(Cl)cc2)n1. The Morgan fingerprint density at radius 2 is 1.86 bits per heavy atom. The van der Waals surface area contributed by atoms with Crippen LogP contribution in [0.25, 0.3) is 10.6 Å². The zero-order valence-corrected chi connectivity index (χ0v) is 13.4. The fourth-order valence-corrected chi connectivity index (χ4v) is 2.93. The third kappa shape index (κ3) is 3.18. The largest absolute Gasteiger partial charge is 0.320 e. The highest BCUT2D eigenvalue weighted by Gasteiger charge is 2.12. The summed E-state index contributed by atoms with van der Waals surface area (Å²) in [6.45, 7) is 1.95. The Bertz CT molecular complexity index is 812. The molecule has 0 bridgehead atoms. The van der Waals surface area contributed by atoms with Gasteiger partial charge in [-0.3, -0.25) is 4.79 Å².